The van der Waals surface area contributed by atoms with Crippen LogP contribution in [0.25, 0.3) is 6.08 Å². The van der Waals surface area contributed by atoms with Gasteiger partial charge in [-0.05, 0) is 54.1 Å². The molecule has 36 heavy (non-hydrogen) atoms. The summed E-state index contributed by atoms with van der Waals surface area (Å²) in [6.45, 7) is 0. The summed E-state index contributed by atoms with van der Waals surface area (Å²) in [7, 11) is 0.483. The first-order valence-electron chi connectivity index (χ1n) is 10.7. The molecule has 1 aliphatic heterocycles. The van der Waals surface area contributed by atoms with Crippen LogP contribution in [-0.2, 0) is 25.1 Å². The quantitative estimate of drug-likeness (QED) is 0.354. The standard InChI is InChI=1S/C26H23NO7S2/c1-32-21-5-4-6-22(33-2)19(21)15-36(30,31)18-11-12-20-23(14-18)35-24(25(28)27-20)13-16-7-9-17(10-8-16)26(29)34-3/h4-14H,15H2,1-3H3,(H,27,28)/b24-13-. The molecule has 0 bridgehead atoms. The molecule has 0 aromatic heterocycles. The van der Waals surface area contributed by atoms with E-state index in [0.717, 1.165) is 0 Å². The number of esters is 1. The molecule has 3 aromatic carbocycles. The molecule has 1 N–H and O–H groups in total. The molecule has 0 aliphatic carbocycles. The lowest BCUT2D eigenvalue weighted by atomic mass is 10.1. The van der Waals surface area contributed by atoms with Crippen molar-refractivity contribution in [1.29, 1.82) is 0 Å². The van der Waals surface area contributed by atoms with Gasteiger partial charge < -0.3 is 19.5 Å². The van der Waals surface area contributed by atoms with Crippen molar-refractivity contribution in [1.82, 2.24) is 0 Å². The Balaban J connectivity index is 1.62. The first-order valence-corrected chi connectivity index (χ1v) is 13.2. The summed E-state index contributed by atoms with van der Waals surface area (Å²) in [5, 5.41) is 2.80. The topological polar surface area (TPSA) is 108 Å². The van der Waals surface area contributed by atoms with Gasteiger partial charge in [-0.25, -0.2) is 13.2 Å². The number of benzene rings is 3. The Kier molecular flexibility index (Phi) is 7.37. The summed E-state index contributed by atoms with van der Waals surface area (Å²) in [5.74, 6) is -0.237. The number of carbonyl (C=O) groups excluding carboxylic acids is 2. The van der Waals surface area contributed by atoms with E-state index in [-0.39, 0.29) is 16.6 Å². The number of thioether (sulfide) groups is 1. The molecule has 10 heteroatoms. The van der Waals surface area contributed by atoms with E-state index < -0.39 is 15.8 Å². The minimum absolute atomic E-state index is 0.111. The van der Waals surface area contributed by atoms with E-state index in [0.29, 0.717) is 43.7 Å². The monoisotopic (exact) mass is 525 g/mol. The lowest BCUT2D eigenvalue weighted by molar-refractivity contribution is -0.112. The minimum Gasteiger partial charge on any atom is -0.496 e. The van der Waals surface area contributed by atoms with E-state index in [1.54, 1.807) is 60.7 Å². The Hall–Kier alpha value is -3.76. The second-order valence-corrected chi connectivity index (χ2v) is 10.8. The summed E-state index contributed by atoms with van der Waals surface area (Å²) >= 11 is 1.17. The summed E-state index contributed by atoms with van der Waals surface area (Å²) in [6, 6.07) is 16.3. The molecule has 186 valence electrons. The van der Waals surface area contributed by atoms with E-state index in [9.17, 15) is 18.0 Å². The Labute approximate surface area is 213 Å². The van der Waals surface area contributed by atoms with Crippen LogP contribution in [0.3, 0.4) is 0 Å². The molecular formula is C26H23NO7S2. The SMILES string of the molecule is COC(=O)c1ccc(/C=C2\Sc3cc(S(=O)(=O)Cc4c(OC)cccc4OC)ccc3NC2=O)cc1. The third-order valence-electron chi connectivity index (χ3n) is 5.50. The van der Waals surface area contributed by atoms with E-state index >= 15 is 0 Å². The average molecular weight is 526 g/mol. The third kappa shape index (κ3) is 5.24. The Morgan fingerprint density at radius 1 is 0.972 bits per heavy atom. The molecule has 0 radical (unpaired) electrons. The fraction of sp³-hybridized carbons (Fsp3) is 0.154. The number of sulfone groups is 1. The van der Waals surface area contributed by atoms with E-state index in [1.165, 1.54) is 39.2 Å². The number of carbonyl (C=O) groups is 2. The summed E-state index contributed by atoms with van der Waals surface area (Å²) in [6.07, 6.45) is 1.67. The zero-order valence-electron chi connectivity index (χ0n) is 19.7. The van der Waals surface area contributed by atoms with Crippen molar-refractivity contribution in [2.45, 2.75) is 15.5 Å². The van der Waals surface area contributed by atoms with Crippen LogP contribution in [0.5, 0.6) is 11.5 Å². The second kappa shape index (κ2) is 10.5. The fourth-order valence-corrected chi connectivity index (χ4v) is 6.13. The molecule has 0 spiro atoms. The number of fused-ring (bicyclic) bond motifs is 1. The zero-order valence-corrected chi connectivity index (χ0v) is 21.4. The van der Waals surface area contributed by atoms with Gasteiger partial charge in [0.2, 0.25) is 0 Å². The van der Waals surface area contributed by atoms with E-state index in [2.05, 4.69) is 5.32 Å². The molecule has 1 amide bonds. The van der Waals surface area contributed by atoms with Crippen LogP contribution in [0.2, 0.25) is 0 Å². The van der Waals surface area contributed by atoms with Crippen LogP contribution in [0.15, 0.2) is 75.4 Å². The van der Waals surface area contributed by atoms with Crippen molar-refractivity contribution >= 4 is 45.2 Å². The normalized spacial score (nSPS) is 14.1. The van der Waals surface area contributed by atoms with Gasteiger partial charge >= 0.3 is 5.97 Å². The fourth-order valence-electron chi connectivity index (χ4n) is 3.66. The summed E-state index contributed by atoms with van der Waals surface area (Å²) in [4.78, 5) is 25.4. The van der Waals surface area contributed by atoms with Gasteiger partial charge in [0.15, 0.2) is 9.84 Å². The van der Waals surface area contributed by atoms with Crippen LogP contribution >= 0.6 is 11.8 Å². The van der Waals surface area contributed by atoms with Gasteiger partial charge in [0.25, 0.3) is 5.91 Å². The molecule has 3 aromatic rings. The highest BCUT2D eigenvalue weighted by atomic mass is 32.2. The highest BCUT2D eigenvalue weighted by molar-refractivity contribution is 8.04. The maximum atomic E-state index is 13.3. The molecule has 0 atom stereocenters. The van der Waals surface area contributed by atoms with Gasteiger partial charge in [-0.15, -0.1) is 0 Å². The van der Waals surface area contributed by atoms with Gasteiger partial charge in [-0.3, -0.25) is 4.79 Å². The lowest BCUT2D eigenvalue weighted by Gasteiger charge is -2.20. The molecule has 1 heterocycles. The van der Waals surface area contributed by atoms with Crippen LogP contribution in [0.4, 0.5) is 5.69 Å². The smallest absolute Gasteiger partial charge is 0.337 e. The van der Waals surface area contributed by atoms with Crippen LogP contribution in [0, 0.1) is 0 Å². The highest BCUT2D eigenvalue weighted by Gasteiger charge is 2.26. The molecule has 0 saturated carbocycles. The number of ether oxygens (including phenoxy) is 3. The van der Waals surface area contributed by atoms with Gasteiger partial charge in [-0.2, -0.15) is 0 Å². The van der Waals surface area contributed by atoms with Crippen molar-refractivity contribution < 1.29 is 32.2 Å². The van der Waals surface area contributed by atoms with E-state index in [4.69, 9.17) is 14.2 Å². The summed E-state index contributed by atoms with van der Waals surface area (Å²) in [5.41, 5.74) is 2.05. The average Bonchev–Trinajstić information content (AvgIpc) is 2.88. The molecule has 0 saturated heterocycles. The van der Waals surface area contributed by atoms with Crippen molar-refractivity contribution in [3.63, 3.8) is 0 Å². The predicted octanol–water partition coefficient (Wildman–Crippen LogP) is 4.55. The number of hydrogen-bond donors (Lipinski definition) is 1. The number of rotatable bonds is 7. The van der Waals surface area contributed by atoms with Crippen molar-refractivity contribution in [3.05, 3.63) is 82.3 Å². The van der Waals surface area contributed by atoms with Crippen LogP contribution < -0.4 is 14.8 Å². The molecule has 0 fully saturated rings. The first kappa shape index (κ1) is 25.3. The number of nitrogens with one attached hydrogen (secondary N) is 1. The molecular weight excluding hydrogens is 502 g/mol. The van der Waals surface area contributed by atoms with Gasteiger partial charge in [-0.1, -0.05) is 30.0 Å². The molecule has 4 rings (SSSR count). The highest BCUT2D eigenvalue weighted by Crippen LogP contribution is 2.41. The number of hydrogen-bond acceptors (Lipinski definition) is 8. The van der Waals surface area contributed by atoms with Gasteiger partial charge in [0.1, 0.15) is 11.5 Å². The first-order chi connectivity index (χ1) is 17.2. The zero-order chi connectivity index (χ0) is 25.9. The number of methoxy groups -OCH3 is 3. The molecule has 1 aliphatic rings. The third-order valence-corrected chi connectivity index (χ3v) is 8.22. The lowest BCUT2D eigenvalue weighted by Crippen LogP contribution is -2.17. The van der Waals surface area contributed by atoms with Crippen molar-refractivity contribution in [2.75, 3.05) is 26.6 Å². The summed E-state index contributed by atoms with van der Waals surface area (Å²) < 4.78 is 42.0. The van der Waals surface area contributed by atoms with Crippen molar-refractivity contribution in [2.24, 2.45) is 0 Å². The van der Waals surface area contributed by atoms with E-state index in [1.807, 2.05) is 0 Å². The maximum Gasteiger partial charge on any atom is 0.337 e. The van der Waals surface area contributed by atoms with Crippen LogP contribution in [-0.4, -0.2) is 41.6 Å². The molecule has 0 unspecified atom stereocenters. The van der Waals surface area contributed by atoms with Crippen molar-refractivity contribution in [3.8, 4) is 11.5 Å². The minimum atomic E-state index is -3.77. The number of anilines is 1. The number of amides is 1. The second-order valence-electron chi connectivity index (χ2n) is 7.74. The Morgan fingerprint density at radius 2 is 1.64 bits per heavy atom. The maximum absolute atomic E-state index is 13.3. The van der Waals surface area contributed by atoms with Crippen LogP contribution in [0.1, 0.15) is 21.5 Å². The van der Waals surface area contributed by atoms with Gasteiger partial charge in [0.05, 0.1) is 53.7 Å². The predicted molar refractivity (Wildman–Crippen MR) is 137 cm³/mol. The Bertz CT molecular complexity index is 1440. The largest absolute Gasteiger partial charge is 0.496 e. The molecule has 8 nitrogen and oxygen atoms in total. The Morgan fingerprint density at radius 3 is 2.25 bits per heavy atom. The van der Waals surface area contributed by atoms with Gasteiger partial charge in [0, 0.05) is 4.90 Å².